The van der Waals surface area contributed by atoms with Gasteiger partial charge >= 0.3 is 0 Å². The highest BCUT2D eigenvalue weighted by atomic mass is 16.3. The molecule has 9 rings (SSSR count). The molecule has 0 saturated heterocycles. The van der Waals surface area contributed by atoms with Gasteiger partial charge in [0.1, 0.15) is 22.2 Å². The maximum atomic E-state index is 6.32. The van der Waals surface area contributed by atoms with Crippen molar-refractivity contribution in [2.45, 2.75) is 46.0 Å². The van der Waals surface area contributed by atoms with Crippen LogP contribution in [0.25, 0.3) is 91.5 Å². The van der Waals surface area contributed by atoms with Crippen LogP contribution in [-0.2, 0) is 0 Å². The summed E-state index contributed by atoms with van der Waals surface area (Å²) in [7, 11) is 0. The number of hydrogen-bond donors (Lipinski definition) is 1. The van der Waals surface area contributed by atoms with E-state index in [2.05, 4.69) is 146 Å². The van der Waals surface area contributed by atoms with E-state index in [9.17, 15) is 0 Å². The molecule has 7 aromatic rings. The van der Waals surface area contributed by atoms with Gasteiger partial charge in [-0.3, -0.25) is 0 Å². The van der Waals surface area contributed by atoms with E-state index in [0.29, 0.717) is 12.1 Å². The fraction of sp³-hybridized carbons (Fsp3) is 0.130. The first-order valence-corrected chi connectivity index (χ1v) is 20.5. The number of allylic oxidation sites excluding steroid dienone is 9. The Bertz CT molecular complexity index is 3270. The Balaban J connectivity index is 1.35. The molecule has 1 N–H and O–H groups in total. The number of benzene rings is 3. The third kappa shape index (κ3) is 7.04. The van der Waals surface area contributed by atoms with Crippen LogP contribution < -0.4 is 26.5 Å². The van der Waals surface area contributed by atoms with Crippen molar-refractivity contribution in [1.82, 2.24) is 14.9 Å². The molecule has 2 aliphatic carbocycles. The molecule has 288 valence electrons. The maximum Gasteiger partial charge on any atom is 0.135 e. The van der Waals surface area contributed by atoms with E-state index < -0.39 is 0 Å². The third-order valence-corrected chi connectivity index (χ3v) is 10.9. The number of terminal acetylenes is 1. The molecule has 0 aliphatic heterocycles. The highest BCUT2D eigenvalue weighted by molar-refractivity contribution is 6.06. The Labute approximate surface area is 344 Å². The molecule has 0 saturated carbocycles. The second-order valence-electron chi connectivity index (χ2n) is 14.8. The minimum absolute atomic E-state index is 0.707. The van der Waals surface area contributed by atoms with Crippen molar-refractivity contribution in [1.29, 1.82) is 0 Å². The van der Waals surface area contributed by atoms with Gasteiger partial charge in [0, 0.05) is 43.4 Å². The molecule has 0 spiro atoms. The van der Waals surface area contributed by atoms with Crippen LogP contribution in [0, 0.1) is 12.3 Å². The average molecular weight is 768 g/mol. The smallest absolute Gasteiger partial charge is 0.135 e. The third-order valence-electron chi connectivity index (χ3n) is 10.9. The van der Waals surface area contributed by atoms with Gasteiger partial charge in [-0.25, -0.2) is 4.98 Å². The summed E-state index contributed by atoms with van der Waals surface area (Å²) in [6.07, 6.45) is 35.9. The Hall–Kier alpha value is -7.29. The summed E-state index contributed by atoms with van der Waals surface area (Å²) in [5.41, 5.74) is 12.1. The quantitative estimate of drug-likeness (QED) is 0.111. The number of rotatable bonds is 10. The molecule has 4 heterocycles. The van der Waals surface area contributed by atoms with E-state index >= 15 is 0 Å². The van der Waals surface area contributed by atoms with E-state index in [0.717, 1.165) is 125 Å². The van der Waals surface area contributed by atoms with Crippen molar-refractivity contribution in [3.8, 4) is 29.3 Å². The molecule has 59 heavy (non-hydrogen) atoms. The fourth-order valence-corrected chi connectivity index (χ4v) is 8.26. The topological polar surface area (TPSA) is 56.1 Å². The first-order chi connectivity index (χ1) is 29.1. The summed E-state index contributed by atoms with van der Waals surface area (Å²) in [5.74, 6) is 2.89. The molecule has 4 aromatic heterocycles. The van der Waals surface area contributed by atoms with E-state index in [-0.39, 0.29) is 0 Å². The Kier molecular flexibility index (Phi) is 10.3. The molecule has 0 fully saturated rings. The lowest BCUT2D eigenvalue weighted by atomic mass is 10.0. The zero-order valence-electron chi connectivity index (χ0n) is 33.5. The molecule has 5 heteroatoms. The van der Waals surface area contributed by atoms with Crippen molar-refractivity contribution in [2.75, 3.05) is 0 Å². The van der Waals surface area contributed by atoms with Crippen molar-refractivity contribution < 1.29 is 8.83 Å². The lowest BCUT2D eigenvalue weighted by Crippen LogP contribution is -2.35. The number of fused-ring (bicyclic) bond motifs is 7. The highest BCUT2D eigenvalue weighted by Gasteiger charge is 2.20. The first-order valence-electron chi connectivity index (χ1n) is 20.5. The summed E-state index contributed by atoms with van der Waals surface area (Å²) in [6, 6.07) is 27.2. The van der Waals surface area contributed by atoms with E-state index in [1.807, 2.05) is 42.5 Å². The highest BCUT2D eigenvalue weighted by Crippen LogP contribution is 2.34. The van der Waals surface area contributed by atoms with Crippen LogP contribution >= 0.6 is 0 Å². The van der Waals surface area contributed by atoms with Crippen LogP contribution in [-0.4, -0.2) is 9.55 Å². The predicted octanol–water partition coefficient (Wildman–Crippen LogP) is 10.6. The number of nitrogens with zero attached hydrogens (tertiary/aromatic N) is 2. The average Bonchev–Trinajstić information content (AvgIpc) is 3.76. The van der Waals surface area contributed by atoms with Crippen LogP contribution in [0.3, 0.4) is 0 Å². The van der Waals surface area contributed by atoms with Crippen molar-refractivity contribution in [2.24, 2.45) is 0 Å². The van der Waals surface area contributed by atoms with Gasteiger partial charge in [-0.1, -0.05) is 112 Å². The number of nitrogens with one attached hydrogen (secondary N) is 1. The lowest BCUT2D eigenvalue weighted by Gasteiger charge is -2.14. The van der Waals surface area contributed by atoms with Crippen LogP contribution in [0.4, 0.5) is 0 Å². The molecule has 0 unspecified atom stereocenters. The van der Waals surface area contributed by atoms with Crippen molar-refractivity contribution in [3.63, 3.8) is 0 Å². The molecular weight excluding hydrogens is 723 g/mol. The van der Waals surface area contributed by atoms with Gasteiger partial charge in [-0.2, -0.15) is 0 Å². The van der Waals surface area contributed by atoms with Gasteiger partial charge in [-0.15, -0.1) is 6.42 Å². The van der Waals surface area contributed by atoms with Gasteiger partial charge in [0.15, 0.2) is 0 Å². The summed E-state index contributed by atoms with van der Waals surface area (Å²) >= 11 is 0. The van der Waals surface area contributed by atoms with Gasteiger partial charge in [0.2, 0.25) is 0 Å². The molecule has 3 aromatic carbocycles. The summed E-state index contributed by atoms with van der Waals surface area (Å²) < 4.78 is 14.9. The summed E-state index contributed by atoms with van der Waals surface area (Å²) in [6.45, 7) is 8.52. The largest absolute Gasteiger partial charge is 0.456 e. The Morgan fingerprint density at radius 3 is 2.47 bits per heavy atom. The zero-order valence-corrected chi connectivity index (χ0v) is 33.5. The second-order valence-corrected chi connectivity index (χ2v) is 14.8. The maximum absolute atomic E-state index is 6.32. The number of aromatic nitrogens is 2. The first kappa shape index (κ1) is 37.3. The van der Waals surface area contributed by atoms with E-state index in [1.54, 1.807) is 0 Å². The summed E-state index contributed by atoms with van der Waals surface area (Å²) in [5, 5.41) is 10.1. The molecule has 0 radical (unpaired) electrons. The van der Waals surface area contributed by atoms with Gasteiger partial charge in [-0.05, 0) is 104 Å². The van der Waals surface area contributed by atoms with E-state index in [1.165, 1.54) is 0 Å². The minimum Gasteiger partial charge on any atom is -0.456 e. The van der Waals surface area contributed by atoms with Gasteiger partial charge in [0.05, 0.1) is 33.8 Å². The number of hydrogen-bond acceptors (Lipinski definition) is 4. The number of furan rings is 2. The molecule has 5 nitrogen and oxygen atoms in total. The standard InChI is InChI=1S/C54H45N3O2/c1-5-9-11-22-38(8-4)55-45(19-6-2)54-42-25-12-10-13-26-48(42)57(49(54)20-7-3)39-34-46(36-21-18-29-52-43(32-36)40-23-14-16-27-50(40)58-52)56-47(35-39)37-30-31-53-44(33-37)41-24-15-17-28-51(41)59-53/h4,7,9,11-17,20-35,55H,3,5-6,10,18-19H2,1-2H3/b11-9?,38-22+,49-20+,54-45+. The normalized spacial score (nSPS) is 14.7. The van der Waals surface area contributed by atoms with Crippen LogP contribution in [0.2, 0.25) is 0 Å². The van der Waals surface area contributed by atoms with Crippen molar-refractivity contribution in [3.05, 3.63) is 172 Å². The van der Waals surface area contributed by atoms with Crippen LogP contribution in [0.5, 0.6) is 0 Å². The molecule has 2 aliphatic rings. The van der Waals surface area contributed by atoms with Gasteiger partial charge in [0.25, 0.3) is 0 Å². The lowest BCUT2D eigenvalue weighted by molar-refractivity contribution is 0.574. The predicted molar refractivity (Wildman–Crippen MR) is 248 cm³/mol. The second kappa shape index (κ2) is 16.3. The number of pyridine rings is 1. The van der Waals surface area contributed by atoms with Crippen LogP contribution in [0.1, 0.15) is 62.9 Å². The van der Waals surface area contributed by atoms with Crippen LogP contribution in [0.15, 0.2) is 143 Å². The molecular formula is C54H45N3O2. The minimum atomic E-state index is 0.707. The Morgan fingerprint density at radius 2 is 1.66 bits per heavy atom. The Morgan fingerprint density at radius 1 is 0.881 bits per heavy atom. The zero-order chi connectivity index (χ0) is 40.3. The SMILES string of the molecule is C#C/C(=C\C=CCC)N/C(CCC)=c1\c2c(n(-c3cc(C4=CCC=c5oc6ccccc6c5=C4)nc(-c4ccc5oc6ccccc6c5c4)c3)\c1=C\C=C)C=CCC=C2. The molecule has 0 amide bonds. The van der Waals surface area contributed by atoms with E-state index in [4.69, 9.17) is 20.2 Å². The summed E-state index contributed by atoms with van der Waals surface area (Å²) in [4.78, 5) is 5.46. The monoisotopic (exact) mass is 767 g/mol. The fourth-order valence-electron chi connectivity index (χ4n) is 8.26. The number of para-hydroxylation sites is 2. The molecule has 0 atom stereocenters. The van der Waals surface area contributed by atoms with Crippen molar-refractivity contribution >= 4 is 74.6 Å². The van der Waals surface area contributed by atoms with Gasteiger partial charge < -0.3 is 18.7 Å². The molecule has 0 bridgehead atoms.